The minimum Gasteiger partial charge on any atom is -0.378 e. The fourth-order valence-corrected chi connectivity index (χ4v) is 3.29. The summed E-state index contributed by atoms with van der Waals surface area (Å²) in [6.45, 7) is 3.53. The zero-order valence-corrected chi connectivity index (χ0v) is 12.2. The predicted octanol–water partition coefficient (Wildman–Crippen LogP) is 4.15. The van der Waals surface area contributed by atoms with Crippen molar-refractivity contribution in [1.29, 1.82) is 0 Å². The Morgan fingerprint density at radius 3 is 2.90 bits per heavy atom. The van der Waals surface area contributed by atoms with Gasteiger partial charge in [-0.2, -0.15) is 13.2 Å². The van der Waals surface area contributed by atoms with E-state index in [9.17, 15) is 13.2 Å². The van der Waals surface area contributed by atoms with Crippen LogP contribution in [0.25, 0.3) is 10.2 Å². The maximum Gasteiger partial charge on any atom is 0.416 e. The minimum atomic E-state index is -4.33. The third kappa shape index (κ3) is 3.13. The number of anilines is 1. The summed E-state index contributed by atoms with van der Waals surface area (Å²) in [5.74, 6) is 0.419. The van der Waals surface area contributed by atoms with E-state index in [0.29, 0.717) is 16.6 Å². The molecule has 2 aromatic rings. The first kappa shape index (κ1) is 14.6. The first-order chi connectivity index (χ1) is 9.93. The van der Waals surface area contributed by atoms with Gasteiger partial charge in [0.2, 0.25) is 0 Å². The molecule has 2 unspecified atom stereocenters. The second kappa shape index (κ2) is 5.46. The predicted molar refractivity (Wildman–Crippen MR) is 76.6 cm³/mol. The fraction of sp³-hybridized carbons (Fsp3) is 0.500. The van der Waals surface area contributed by atoms with Gasteiger partial charge in [0.05, 0.1) is 21.9 Å². The van der Waals surface area contributed by atoms with Crippen molar-refractivity contribution < 1.29 is 17.9 Å². The van der Waals surface area contributed by atoms with E-state index in [2.05, 4.69) is 10.3 Å². The molecule has 0 radical (unpaired) electrons. The third-order valence-electron chi connectivity index (χ3n) is 3.76. The van der Waals surface area contributed by atoms with E-state index >= 15 is 0 Å². The van der Waals surface area contributed by atoms with Gasteiger partial charge in [-0.05, 0) is 31.5 Å². The van der Waals surface area contributed by atoms with Crippen LogP contribution in [0.4, 0.5) is 18.3 Å². The van der Waals surface area contributed by atoms with Crippen molar-refractivity contribution in [3.8, 4) is 0 Å². The van der Waals surface area contributed by atoms with E-state index in [4.69, 9.17) is 4.74 Å². The van der Waals surface area contributed by atoms with E-state index in [-0.39, 0.29) is 6.10 Å². The Labute approximate surface area is 124 Å². The lowest BCUT2D eigenvalue weighted by Crippen LogP contribution is -2.20. The molecule has 0 bridgehead atoms. The molecule has 1 N–H and O–H groups in total. The smallest absolute Gasteiger partial charge is 0.378 e. The summed E-state index contributed by atoms with van der Waals surface area (Å²) in [7, 11) is 0. The van der Waals surface area contributed by atoms with Crippen LogP contribution < -0.4 is 5.32 Å². The zero-order chi connectivity index (χ0) is 15.0. The van der Waals surface area contributed by atoms with Crippen molar-refractivity contribution in [3.05, 3.63) is 23.8 Å². The highest BCUT2D eigenvalue weighted by Gasteiger charge is 2.31. The van der Waals surface area contributed by atoms with Gasteiger partial charge in [0.25, 0.3) is 0 Å². The minimum absolute atomic E-state index is 0.212. The molecule has 0 amide bonds. The number of ether oxygens (including phenoxy) is 1. The molecule has 1 aliphatic heterocycles. The topological polar surface area (TPSA) is 34.1 Å². The van der Waals surface area contributed by atoms with Crippen LogP contribution in [0.3, 0.4) is 0 Å². The van der Waals surface area contributed by atoms with Gasteiger partial charge in [0, 0.05) is 19.1 Å². The number of benzene rings is 1. The van der Waals surface area contributed by atoms with Gasteiger partial charge in [0.1, 0.15) is 0 Å². The van der Waals surface area contributed by atoms with Crippen molar-refractivity contribution >= 4 is 26.7 Å². The number of rotatable bonds is 3. The summed E-state index contributed by atoms with van der Waals surface area (Å²) in [6, 6.07) is 3.66. The molecule has 1 saturated heterocycles. The van der Waals surface area contributed by atoms with Gasteiger partial charge in [-0.15, -0.1) is 0 Å². The normalized spacial score (nSPS) is 22.9. The lowest BCUT2D eigenvalue weighted by molar-refractivity contribution is -0.137. The number of hydrogen-bond donors (Lipinski definition) is 1. The largest absolute Gasteiger partial charge is 0.416 e. The monoisotopic (exact) mass is 316 g/mol. The van der Waals surface area contributed by atoms with Crippen LogP contribution in [0.5, 0.6) is 0 Å². The van der Waals surface area contributed by atoms with Crippen LogP contribution in [0.2, 0.25) is 0 Å². The van der Waals surface area contributed by atoms with Gasteiger partial charge in [-0.25, -0.2) is 4.98 Å². The quantitative estimate of drug-likeness (QED) is 0.923. The molecular formula is C14H15F3N2OS. The van der Waals surface area contributed by atoms with Crippen LogP contribution in [0, 0.1) is 5.92 Å². The molecule has 2 atom stereocenters. The zero-order valence-electron chi connectivity index (χ0n) is 11.4. The highest BCUT2D eigenvalue weighted by molar-refractivity contribution is 7.22. The average molecular weight is 316 g/mol. The van der Waals surface area contributed by atoms with Crippen LogP contribution in [-0.4, -0.2) is 24.2 Å². The van der Waals surface area contributed by atoms with E-state index in [1.54, 1.807) is 0 Å². The van der Waals surface area contributed by atoms with E-state index in [1.807, 2.05) is 6.92 Å². The second-order valence-corrected chi connectivity index (χ2v) is 6.24. The molecule has 114 valence electrons. The van der Waals surface area contributed by atoms with Gasteiger partial charge in [-0.3, -0.25) is 0 Å². The molecule has 0 spiro atoms. The van der Waals surface area contributed by atoms with E-state index < -0.39 is 11.7 Å². The number of hydrogen-bond acceptors (Lipinski definition) is 4. The highest BCUT2D eigenvalue weighted by atomic mass is 32.1. The molecule has 1 aromatic heterocycles. The van der Waals surface area contributed by atoms with Gasteiger partial charge in [0.15, 0.2) is 5.13 Å². The molecule has 7 heteroatoms. The first-order valence-electron chi connectivity index (χ1n) is 6.77. The molecule has 1 fully saturated rings. The molecule has 2 heterocycles. The molecular weight excluding hydrogens is 301 g/mol. The Kier molecular flexibility index (Phi) is 3.79. The summed E-state index contributed by atoms with van der Waals surface area (Å²) < 4.78 is 44.2. The number of thiazole rings is 1. The Morgan fingerprint density at radius 1 is 1.43 bits per heavy atom. The van der Waals surface area contributed by atoms with Gasteiger partial charge >= 0.3 is 6.18 Å². The standard InChI is InChI=1S/C14H15F3N2OS/c1-8-9(4-5-20-8)7-18-13-19-11-6-10(14(15,16)17)2-3-12(11)21-13/h2-3,6,8-9H,4-5,7H2,1H3,(H,18,19). The van der Waals surface area contributed by atoms with Crippen LogP contribution in [0.1, 0.15) is 18.9 Å². The summed E-state index contributed by atoms with van der Waals surface area (Å²) >= 11 is 1.37. The molecule has 3 nitrogen and oxygen atoms in total. The molecule has 3 rings (SSSR count). The number of fused-ring (bicyclic) bond motifs is 1. The summed E-state index contributed by atoms with van der Waals surface area (Å²) in [5, 5.41) is 3.87. The Hall–Kier alpha value is -1.34. The number of halogens is 3. The lowest BCUT2D eigenvalue weighted by Gasteiger charge is -2.13. The van der Waals surface area contributed by atoms with Gasteiger partial charge < -0.3 is 10.1 Å². The molecule has 1 aromatic carbocycles. The van der Waals surface area contributed by atoms with Crippen LogP contribution in [0.15, 0.2) is 18.2 Å². The van der Waals surface area contributed by atoms with Crippen molar-refractivity contribution in [2.45, 2.75) is 25.6 Å². The lowest BCUT2D eigenvalue weighted by atomic mass is 10.0. The van der Waals surface area contributed by atoms with Crippen molar-refractivity contribution in [2.75, 3.05) is 18.5 Å². The maximum atomic E-state index is 12.7. The number of alkyl halides is 3. The Morgan fingerprint density at radius 2 is 2.24 bits per heavy atom. The van der Waals surface area contributed by atoms with Gasteiger partial charge in [-0.1, -0.05) is 11.3 Å². The van der Waals surface area contributed by atoms with E-state index in [0.717, 1.165) is 36.4 Å². The molecule has 0 aliphatic carbocycles. The molecule has 0 saturated carbocycles. The Balaban J connectivity index is 1.75. The molecule has 1 aliphatic rings. The highest BCUT2D eigenvalue weighted by Crippen LogP contribution is 2.34. The van der Waals surface area contributed by atoms with Crippen molar-refractivity contribution in [2.24, 2.45) is 5.92 Å². The summed E-state index contributed by atoms with van der Waals surface area (Å²) in [6.07, 6.45) is -3.12. The maximum absolute atomic E-state index is 12.7. The van der Waals surface area contributed by atoms with Crippen molar-refractivity contribution in [3.63, 3.8) is 0 Å². The number of aromatic nitrogens is 1. The summed E-state index contributed by atoms with van der Waals surface area (Å²) in [5.41, 5.74) is -0.280. The van der Waals surface area contributed by atoms with Crippen LogP contribution in [-0.2, 0) is 10.9 Å². The summed E-state index contributed by atoms with van der Waals surface area (Å²) in [4.78, 5) is 4.24. The second-order valence-electron chi connectivity index (χ2n) is 5.20. The molecule has 21 heavy (non-hydrogen) atoms. The fourth-order valence-electron chi connectivity index (χ4n) is 2.44. The van der Waals surface area contributed by atoms with E-state index in [1.165, 1.54) is 17.4 Å². The SMILES string of the molecule is CC1OCCC1CNc1nc2cc(C(F)(F)F)ccc2s1. The Bertz CT molecular complexity index is 641. The van der Waals surface area contributed by atoms with Crippen LogP contribution >= 0.6 is 11.3 Å². The van der Waals surface area contributed by atoms with Crippen molar-refractivity contribution in [1.82, 2.24) is 4.98 Å². The first-order valence-corrected chi connectivity index (χ1v) is 7.58. The number of nitrogens with zero attached hydrogens (tertiary/aromatic N) is 1. The number of nitrogens with one attached hydrogen (secondary N) is 1. The third-order valence-corrected chi connectivity index (χ3v) is 4.76. The average Bonchev–Trinajstić information content (AvgIpc) is 2.99.